The second kappa shape index (κ2) is 6.44. The fraction of sp³-hybridized carbons (Fsp3) is 0.800. The Morgan fingerprint density at radius 1 is 0.636 bits per heavy atom. The number of rotatable bonds is 0. The van der Waals surface area contributed by atoms with Crippen LogP contribution in [0.5, 0.6) is 0 Å². The molecule has 0 aromatic heterocycles. The summed E-state index contributed by atoms with van der Waals surface area (Å²) in [5.74, 6) is 0. The summed E-state index contributed by atoms with van der Waals surface area (Å²) in [5.41, 5.74) is 0.500. The molecule has 0 rings (SSSR count). The molecule has 0 nitrogen and oxygen atoms in total. The first-order valence-corrected chi connectivity index (χ1v) is 3.71. The molecule has 0 aromatic rings. The minimum atomic E-state index is 0. The zero-order chi connectivity index (χ0) is 9.00. The van der Waals surface area contributed by atoms with Crippen molar-refractivity contribution in [2.45, 2.75) is 41.5 Å². The van der Waals surface area contributed by atoms with Gasteiger partial charge in [-0.15, -0.1) is 0 Å². The van der Waals surface area contributed by atoms with Gasteiger partial charge >= 0.3 is 27.3 Å². The average molecular weight is 255 g/mol. The van der Waals surface area contributed by atoms with Crippen molar-refractivity contribution in [1.29, 1.82) is 0 Å². The zero-order valence-electron chi connectivity index (χ0n) is 9.12. The SMILES string of the molecule is [CH2-]C(C)(C)C.[CH2-]C(C)(C)C.[Cd+2]. The maximum absolute atomic E-state index is 3.77. The minimum Gasteiger partial charge on any atom is -0.338 e. The first-order chi connectivity index (χ1) is 4.00. The van der Waals surface area contributed by atoms with Crippen LogP contribution < -0.4 is 0 Å². The fourth-order valence-electron chi connectivity index (χ4n) is 0. The van der Waals surface area contributed by atoms with E-state index in [1.807, 2.05) is 0 Å². The van der Waals surface area contributed by atoms with Crippen molar-refractivity contribution >= 4 is 0 Å². The monoisotopic (exact) mass is 256 g/mol. The predicted octanol–water partition coefficient (Wildman–Crippen LogP) is 3.73. The molecule has 0 fully saturated rings. The summed E-state index contributed by atoms with van der Waals surface area (Å²) < 4.78 is 0. The summed E-state index contributed by atoms with van der Waals surface area (Å²) in [4.78, 5) is 0. The van der Waals surface area contributed by atoms with Crippen molar-refractivity contribution in [1.82, 2.24) is 0 Å². The van der Waals surface area contributed by atoms with Gasteiger partial charge in [-0.3, -0.25) is 0 Å². The first kappa shape index (κ1) is 17.9. The van der Waals surface area contributed by atoms with Crippen molar-refractivity contribution in [2.75, 3.05) is 0 Å². The molecule has 1 heteroatoms. The second-order valence-electron chi connectivity index (χ2n) is 5.12. The van der Waals surface area contributed by atoms with Crippen molar-refractivity contribution in [3.8, 4) is 0 Å². The summed E-state index contributed by atoms with van der Waals surface area (Å²) in [6, 6.07) is 0. The molecule has 64 valence electrons. The Hall–Kier alpha value is 0.922. The van der Waals surface area contributed by atoms with Gasteiger partial charge in [0.25, 0.3) is 0 Å². The first-order valence-electron chi connectivity index (χ1n) is 3.71. The van der Waals surface area contributed by atoms with Crippen LogP contribution in [0.3, 0.4) is 0 Å². The van der Waals surface area contributed by atoms with E-state index in [0.29, 0.717) is 0 Å². The van der Waals surface area contributed by atoms with Crippen LogP contribution in [0.2, 0.25) is 0 Å². The van der Waals surface area contributed by atoms with Crippen LogP contribution in [0.4, 0.5) is 0 Å². The quantitative estimate of drug-likeness (QED) is 0.456. The Bertz CT molecular complexity index is 47.9. The molecule has 0 N–H and O–H groups in total. The van der Waals surface area contributed by atoms with Gasteiger partial charge in [0.1, 0.15) is 0 Å². The summed E-state index contributed by atoms with van der Waals surface area (Å²) in [6.45, 7) is 20.0. The maximum Gasteiger partial charge on any atom is 2.00 e. The molecule has 0 bridgehead atoms. The van der Waals surface area contributed by atoms with E-state index in [2.05, 4.69) is 55.4 Å². The molecule has 0 saturated carbocycles. The van der Waals surface area contributed by atoms with E-state index >= 15 is 0 Å². The van der Waals surface area contributed by atoms with Gasteiger partial charge in [0.2, 0.25) is 0 Å². The van der Waals surface area contributed by atoms with E-state index < -0.39 is 0 Å². The van der Waals surface area contributed by atoms with Crippen LogP contribution in [0, 0.1) is 24.7 Å². The van der Waals surface area contributed by atoms with Gasteiger partial charge in [-0.2, -0.15) is 10.8 Å². The summed E-state index contributed by atoms with van der Waals surface area (Å²) in [7, 11) is 0. The molecule has 0 aliphatic heterocycles. The largest absolute Gasteiger partial charge is 2.00 e. The zero-order valence-corrected chi connectivity index (χ0v) is 13.2. The van der Waals surface area contributed by atoms with Gasteiger partial charge in [0, 0.05) is 0 Å². The molecule has 0 aliphatic carbocycles. The standard InChI is InChI=1S/2C5H11.Cd/c2*1-5(2,3)4;/h2*1H2,2-4H3;/q2*-1;+2. The van der Waals surface area contributed by atoms with E-state index in [1.165, 1.54) is 0 Å². The molecular weight excluding hydrogens is 233 g/mol. The van der Waals surface area contributed by atoms with Crippen molar-refractivity contribution in [2.24, 2.45) is 10.8 Å². The third kappa shape index (κ3) is 1020. The van der Waals surface area contributed by atoms with Crippen LogP contribution in [0.1, 0.15) is 41.5 Å². The molecule has 0 spiro atoms. The van der Waals surface area contributed by atoms with Gasteiger partial charge in [0.15, 0.2) is 0 Å². The van der Waals surface area contributed by atoms with Gasteiger partial charge in [-0.25, -0.2) is 0 Å². The minimum absolute atomic E-state index is 0. The predicted molar refractivity (Wildman–Crippen MR) is 49.6 cm³/mol. The van der Waals surface area contributed by atoms with Gasteiger partial charge in [-0.05, 0) is 0 Å². The molecule has 0 heterocycles. The Balaban J connectivity index is -0.000000107. The Morgan fingerprint density at radius 3 is 0.636 bits per heavy atom. The smallest absolute Gasteiger partial charge is 0.338 e. The van der Waals surface area contributed by atoms with Gasteiger partial charge < -0.3 is 13.8 Å². The molecule has 0 saturated heterocycles. The second-order valence-corrected chi connectivity index (χ2v) is 5.12. The topological polar surface area (TPSA) is 0 Å². The normalized spacial score (nSPS) is 10.9. The maximum atomic E-state index is 3.77. The molecule has 11 heavy (non-hydrogen) atoms. The van der Waals surface area contributed by atoms with Crippen LogP contribution in [-0.2, 0) is 27.3 Å². The van der Waals surface area contributed by atoms with E-state index in [-0.39, 0.29) is 38.1 Å². The molecular formula is C10H22Cd. The van der Waals surface area contributed by atoms with Crippen molar-refractivity contribution in [3.63, 3.8) is 0 Å². The van der Waals surface area contributed by atoms with Crippen LogP contribution >= 0.6 is 0 Å². The third-order valence-electron chi connectivity index (χ3n) is 0. The van der Waals surface area contributed by atoms with Crippen molar-refractivity contribution in [3.05, 3.63) is 13.8 Å². The molecule has 0 atom stereocenters. The van der Waals surface area contributed by atoms with E-state index in [0.717, 1.165) is 0 Å². The number of hydrogen-bond acceptors (Lipinski definition) is 0. The van der Waals surface area contributed by atoms with E-state index in [1.54, 1.807) is 0 Å². The summed E-state index contributed by atoms with van der Waals surface area (Å²) in [5, 5.41) is 0. The summed E-state index contributed by atoms with van der Waals surface area (Å²) in [6.07, 6.45) is 0. The molecule has 0 radical (unpaired) electrons. The van der Waals surface area contributed by atoms with Gasteiger partial charge in [0.05, 0.1) is 0 Å². The Kier molecular flexibility index (Phi) is 10.5. The third-order valence-corrected chi connectivity index (χ3v) is 0. The van der Waals surface area contributed by atoms with Crippen LogP contribution in [0.25, 0.3) is 0 Å². The van der Waals surface area contributed by atoms with E-state index in [4.69, 9.17) is 0 Å². The Labute approximate surface area is 93.3 Å². The summed E-state index contributed by atoms with van der Waals surface area (Å²) >= 11 is 0. The number of hydrogen-bond donors (Lipinski definition) is 0. The molecule has 0 aliphatic rings. The fourth-order valence-corrected chi connectivity index (χ4v) is 0. The van der Waals surface area contributed by atoms with Gasteiger partial charge in [-0.1, -0.05) is 41.5 Å². The molecule has 0 amide bonds. The average Bonchev–Trinajstić information content (AvgIpc) is 1.12. The van der Waals surface area contributed by atoms with E-state index in [9.17, 15) is 0 Å². The molecule has 0 unspecified atom stereocenters. The Morgan fingerprint density at radius 2 is 0.636 bits per heavy atom. The van der Waals surface area contributed by atoms with Crippen LogP contribution in [0.15, 0.2) is 0 Å². The van der Waals surface area contributed by atoms with Crippen LogP contribution in [-0.4, -0.2) is 0 Å². The van der Waals surface area contributed by atoms with Crippen molar-refractivity contribution < 1.29 is 27.3 Å². The molecule has 0 aromatic carbocycles.